The summed E-state index contributed by atoms with van der Waals surface area (Å²) in [6, 6.07) is 4.54. The number of nitro groups is 1. The fraction of sp³-hybridized carbons (Fsp3) is 0.0909. The van der Waals surface area contributed by atoms with Crippen molar-refractivity contribution in [2.75, 3.05) is 5.32 Å². The Balaban J connectivity index is 3.28. The molecule has 22 heavy (non-hydrogen) atoms. The molecule has 0 saturated carbocycles. The van der Waals surface area contributed by atoms with Crippen LogP contribution in [0.5, 0.6) is 5.75 Å². The SMILES string of the molecule is N#CC(C#N)=CNc1cc(Br)c(OC(F)(F)F)cc1[N+](=O)[O-]. The highest BCUT2D eigenvalue weighted by Gasteiger charge is 2.33. The number of hydrogen-bond donors (Lipinski definition) is 1. The molecule has 0 radical (unpaired) electrons. The predicted molar refractivity (Wildman–Crippen MR) is 70.4 cm³/mol. The lowest BCUT2D eigenvalue weighted by Gasteiger charge is -2.12. The molecular formula is C11H4BrF3N4O3. The molecule has 11 heteroatoms. The number of anilines is 1. The number of hydrogen-bond acceptors (Lipinski definition) is 6. The zero-order valence-corrected chi connectivity index (χ0v) is 11.9. The molecule has 1 N–H and O–H groups in total. The average molecular weight is 377 g/mol. The van der Waals surface area contributed by atoms with Crippen molar-refractivity contribution in [2.24, 2.45) is 0 Å². The molecule has 0 atom stereocenters. The smallest absolute Gasteiger partial charge is 0.404 e. The van der Waals surface area contributed by atoms with Crippen molar-refractivity contribution in [1.29, 1.82) is 10.5 Å². The molecule has 0 aliphatic rings. The summed E-state index contributed by atoms with van der Waals surface area (Å²) in [6.07, 6.45) is -4.13. The summed E-state index contributed by atoms with van der Waals surface area (Å²) < 4.78 is 40.0. The van der Waals surface area contributed by atoms with E-state index in [0.29, 0.717) is 6.07 Å². The van der Waals surface area contributed by atoms with E-state index in [1.807, 2.05) is 0 Å². The number of nitrogens with one attached hydrogen (secondary N) is 1. The molecule has 0 saturated heterocycles. The van der Waals surface area contributed by atoms with Crippen LogP contribution < -0.4 is 10.1 Å². The summed E-state index contributed by atoms with van der Waals surface area (Å²) in [5.74, 6) is -0.797. The Morgan fingerprint density at radius 3 is 2.45 bits per heavy atom. The van der Waals surface area contributed by atoms with E-state index in [2.05, 4.69) is 26.0 Å². The second-order valence-corrected chi connectivity index (χ2v) is 4.38. The molecule has 1 aromatic rings. The van der Waals surface area contributed by atoms with Gasteiger partial charge in [-0.1, -0.05) is 0 Å². The number of benzene rings is 1. The third-order valence-corrected chi connectivity index (χ3v) is 2.71. The summed E-state index contributed by atoms with van der Waals surface area (Å²) in [6.45, 7) is 0. The quantitative estimate of drug-likeness (QED) is 0.488. The number of rotatable bonds is 4. The van der Waals surface area contributed by atoms with E-state index >= 15 is 0 Å². The van der Waals surface area contributed by atoms with E-state index in [-0.39, 0.29) is 15.7 Å². The molecule has 0 bridgehead atoms. The number of allylic oxidation sites excluding steroid dienone is 1. The Bertz CT molecular complexity index is 703. The molecule has 0 aliphatic carbocycles. The van der Waals surface area contributed by atoms with Crippen molar-refractivity contribution in [3.63, 3.8) is 0 Å². The van der Waals surface area contributed by atoms with Crippen LogP contribution in [-0.2, 0) is 0 Å². The van der Waals surface area contributed by atoms with Crippen molar-refractivity contribution in [2.45, 2.75) is 6.36 Å². The van der Waals surface area contributed by atoms with E-state index in [0.717, 1.165) is 12.3 Å². The van der Waals surface area contributed by atoms with E-state index in [9.17, 15) is 23.3 Å². The maximum Gasteiger partial charge on any atom is 0.573 e. The number of ether oxygens (including phenoxy) is 1. The van der Waals surface area contributed by atoms with Gasteiger partial charge in [0.05, 0.1) is 15.5 Å². The van der Waals surface area contributed by atoms with Gasteiger partial charge in [-0.3, -0.25) is 10.1 Å². The summed E-state index contributed by atoms with van der Waals surface area (Å²) in [5.41, 5.74) is -1.33. The third kappa shape index (κ3) is 4.64. The second-order valence-electron chi connectivity index (χ2n) is 3.53. The van der Waals surface area contributed by atoms with Gasteiger partial charge in [-0.15, -0.1) is 13.2 Å². The number of nitro benzene ring substituents is 1. The van der Waals surface area contributed by atoms with Gasteiger partial charge in [-0.2, -0.15) is 10.5 Å². The van der Waals surface area contributed by atoms with Gasteiger partial charge in [0.1, 0.15) is 23.4 Å². The molecule has 1 rings (SSSR count). The van der Waals surface area contributed by atoms with Gasteiger partial charge in [-0.05, 0) is 22.0 Å². The molecule has 114 valence electrons. The number of alkyl halides is 3. The van der Waals surface area contributed by atoms with Gasteiger partial charge in [0.2, 0.25) is 0 Å². The van der Waals surface area contributed by atoms with Crippen LogP contribution in [0.25, 0.3) is 0 Å². The molecule has 0 unspecified atom stereocenters. The van der Waals surface area contributed by atoms with Crippen molar-refractivity contribution in [3.05, 3.63) is 38.5 Å². The Morgan fingerprint density at radius 1 is 1.41 bits per heavy atom. The molecule has 0 aliphatic heterocycles. The monoisotopic (exact) mass is 376 g/mol. The van der Waals surface area contributed by atoms with E-state index in [1.165, 1.54) is 12.1 Å². The lowest BCUT2D eigenvalue weighted by Crippen LogP contribution is -2.17. The molecule has 0 spiro atoms. The fourth-order valence-electron chi connectivity index (χ4n) is 1.25. The number of halogens is 4. The topological polar surface area (TPSA) is 112 Å². The van der Waals surface area contributed by atoms with Crippen LogP contribution in [-0.4, -0.2) is 11.3 Å². The predicted octanol–water partition coefficient (Wildman–Crippen LogP) is 3.60. The van der Waals surface area contributed by atoms with Gasteiger partial charge in [0.15, 0.2) is 5.75 Å². The molecule has 0 heterocycles. The van der Waals surface area contributed by atoms with E-state index in [4.69, 9.17) is 10.5 Å². The average Bonchev–Trinajstić information content (AvgIpc) is 2.40. The zero-order valence-electron chi connectivity index (χ0n) is 10.3. The first kappa shape index (κ1) is 17.3. The highest BCUT2D eigenvalue weighted by atomic mass is 79.9. The van der Waals surface area contributed by atoms with Crippen LogP contribution in [0.2, 0.25) is 0 Å². The number of nitrogens with zero attached hydrogens (tertiary/aromatic N) is 3. The maximum atomic E-state index is 12.2. The van der Waals surface area contributed by atoms with Crippen molar-refractivity contribution in [3.8, 4) is 17.9 Å². The highest BCUT2D eigenvalue weighted by molar-refractivity contribution is 9.10. The van der Waals surface area contributed by atoms with Crippen molar-refractivity contribution < 1.29 is 22.8 Å². The largest absolute Gasteiger partial charge is 0.573 e. The van der Waals surface area contributed by atoms with Crippen LogP contribution in [0.15, 0.2) is 28.4 Å². The third-order valence-electron chi connectivity index (χ3n) is 2.09. The Hall–Kier alpha value is -2.79. The van der Waals surface area contributed by atoms with Gasteiger partial charge in [-0.25, -0.2) is 0 Å². The standard InChI is InChI=1S/C11H4BrF3N4O3/c12-7-1-8(18-5-6(3-16)4-17)9(19(20)21)2-10(7)22-11(13,14)15/h1-2,5,18H. The minimum Gasteiger partial charge on any atom is -0.404 e. The molecule has 1 aromatic carbocycles. The van der Waals surface area contributed by atoms with E-state index < -0.39 is 22.7 Å². The molecule has 0 fully saturated rings. The first-order valence-corrected chi connectivity index (χ1v) is 5.98. The molecular weight excluding hydrogens is 373 g/mol. The Labute approximate surface area is 129 Å². The van der Waals surface area contributed by atoms with Gasteiger partial charge in [0, 0.05) is 6.20 Å². The first-order chi connectivity index (χ1) is 10.2. The minimum atomic E-state index is -5.01. The van der Waals surface area contributed by atoms with Crippen LogP contribution in [0.3, 0.4) is 0 Å². The fourth-order valence-corrected chi connectivity index (χ4v) is 1.68. The molecule has 0 aromatic heterocycles. The van der Waals surface area contributed by atoms with Crippen LogP contribution >= 0.6 is 15.9 Å². The lowest BCUT2D eigenvalue weighted by molar-refractivity contribution is -0.384. The minimum absolute atomic E-state index is 0.207. The highest BCUT2D eigenvalue weighted by Crippen LogP contribution is 2.38. The zero-order chi connectivity index (χ0) is 16.9. The van der Waals surface area contributed by atoms with Crippen LogP contribution in [0.1, 0.15) is 0 Å². The van der Waals surface area contributed by atoms with Crippen LogP contribution in [0, 0.1) is 32.8 Å². The van der Waals surface area contributed by atoms with E-state index in [1.54, 1.807) is 0 Å². The summed E-state index contributed by atoms with van der Waals surface area (Å²) in [7, 11) is 0. The van der Waals surface area contributed by atoms with Crippen LogP contribution in [0.4, 0.5) is 24.5 Å². The van der Waals surface area contributed by atoms with Gasteiger partial charge < -0.3 is 10.1 Å². The summed E-state index contributed by atoms with van der Waals surface area (Å²) in [4.78, 5) is 9.96. The maximum absolute atomic E-state index is 12.2. The Kier molecular flexibility index (Phi) is 5.32. The van der Waals surface area contributed by atoms with Gasteiger partial charge in [0.25, 0.3) is 5.69 Å². The molecule has 7 nitrogen and oxygen atoms in total. The summed E-state index contributed by atoms with van der Waals surface area (Å²) in [5, 5.41) is 30.3. The normalized spacial score (nSPS) is 10.1. The Morgan fingerprint density at radius 2 is 2.00 bits per heavy atom. The lowest BCUT2D eigenvalue weighted by atomic mass is 10.2. The van der Waals surface area contributed by atoms with Crippen molar-refractivity contribution >= 4 is 27.3 Å². The first-order valence-electron chi connectivity index (χ1n) is 5.18. The molecule has 0 amide bonds. The van der Waals surface area contributed by atoms with Gasteiger partial charge >= 0.3 is 6.36 Å². The number of nitriles is 2. The summed E-state index contributed by atoms with van der Waals surface area (Å²) >= 11 is 2.79. The second kappa shape index (κ2) is 6.78. The van der Waals surface area contributed by atoms with Crippen molar-refractivity contribution in [1.82, 2.24) is 0 Å².